The zero-order valence-electron chi connectivity index (χ0n) is 67.8. The molecule has 10 rings (SSSR count). The third-order valence-corrected chi connectivity index (χ3v) is 16.8. The van der Waals surface area contributed by atoms with E-state index >= 15 is 0 Å². The van der Waals surface area contributed by atoms with Gasteiger partial charge in [0.2, 0.25) is 0 Å². The number of nitrogens with one attached hydrogen (secondary N) is 6. The lowest BCUT2D eigenvalue weighted by Crippen LogP contribution is -2.38. The van der Waals surface area contributed by atoms with E-state index in [0.29, 0.717) is 65.0 Å². The van der Waals surface area contributed by atoms with Gasteiger partial charge in [-0.05, 0) is 197 Å². The second kappa shape index (κ2) is 45.9. The van der Waals surface area contributed by atoms with Crippen LogP contribution in [-0.4, -0.2) is 211 Å². The van der Waals surface area contributed by atoms with Crippen LogP contribution in [0.25, 0.3) is 0 Å². The Labute approximate surface area is 660 Å². The molecule has 6 aromatic carbocycles. The molecule has 4 fully saturated rings. The fraction of sp³-hybridized carbons (Fsp3) is 0.571. The van der Waals surface area contributed by atoms with E-state index in [2.05, 4.69) is 114 Å². The van der Waals surface area contributed by atoms with Crippen LogP contribution in [0.1, 0.15) is 125 Å². The van der Waals surface area contributed by atoms with Crippen LogP contribution in [0, 0.1) is 17.5 Å². The highest BCUT2D eigenvalue weighted by Gasteiger charge is 2.21. The van der Waals surface area contributed by atoms with Gasteiger partial charge in [-0.25, -0.2) is 13.2 Å². The molecule has 24 heteroatoms. The van der Waals surface area contributed by atoms with Gasteiger partial charge in [0.15, 0.2) is 11.6 Å². The predicted molar refractivity (Wildman–Crippen MR) is 445 cm³/mol. The largest absolute Gasteiger partial charge is 0.492 e. The highest BCUT2D eigenvalue weighted by atomic mass is 35.5. The summed E-state index contributed by atoms with van der Waals surface area (Å²) in [7, 11) is 0. The number of halogens is 6. The van der Waals surface area contributed by atoms with Crippen molar-refractivity contribution in [2.24, 2.45) is 0 Å². The van der Waals surface area contributed by atoms with Crippen molar-refractivity contribution < 1.29 is 51.1 Å². The topological polar surface area (TPSA) is 159 Å². The normalized spacial score (nSPS) is 15.6. The summed E-state index contributed by atoms with van der Waals surface area (Å²) in [4.78, 5) is 9.27. The Bertz CT molecular complexity index is 3270. The number of para-hydroxylation sites is 2. The van der Waals surface area contributed by atoms with Crippen LogP contribution in [0.15, 0.2) is 121 Å². The van der Waals surface area contributed by atoms with Crippen molar-refractivity contribution in [1.29, 1.82) is 0 Å². The molecule has 18 nitrogen and oxygen atoms in total. The molecule has 0 unspecified atom stereocenters. The quantitative estimate of drug-likeness (QED) is 0.0381. The number of anilines is 6. The van der Waals surface area contributed by atoms with Crippen molar-refractivity contribution in [3.05, 3.63) is 154 Å². The number of morpholine rings is 4. The number of hydrogen-bond acceptors (Lipinski definition) is 18. The second-order valence-corrected chi connectivity index (χ2v) is 34.1. The average Bonchev–Trinajstić information content (AvgIpc) is 0.901. The average molecular weight is 1570 g/mol. The van der Waals surface area contributed by atoms with E-state index in [0.717, 1.165) is 165 Å². The summed E-state index contributed by atoms with van der Waals surface area (Å²) >= 11 is 18.6. The minimum absolute atomic E-state index is 0.0317. The molecule has 4 aliphatic heterocycles. The zero-order chi connectivity index (χ0) is 79.6. The first-order valence-electron chi connectivity index (χ1n) is 37.8. The fourth-order valence-electron chi connectivity index (χ4n) is 10.8. The first-order valence-corrected chi connectivity index (χ1v) is 39.0. The smallest absolute Gasteiger partial charge is 0.188 e. The van der Waals surface area contributed by atoms with Gasteiger partial charge in [-0.2, -0.15) is 0 Å². The van der Waals surface area contributed by atoms with Crippen LogP contribution in [0.2, 0.25) is 15.1 Å². The highest BCUT2D eigenvalue weighted by Crippen LogP contribution is 2.35. The molecule has 6 aromatic rings. The van der Waals surface area contributed by atoms with E-state index in [4.69, 9.17) is 72.7 Å². The maximum absolute atomic E-state index is 14.3. The van der Waals surface area contributed by atoms with Gasteiger partial charge >= 0.3 is 0 Å². The molecule has 0 amide bonds. The van der Waals surface area contributed by atoms with Crippen LogP contribution < -0.4 is 50.8 Å². The summed E-state index contributed by atoms with van der Waals surface area (Å²) < 4.78 is 85.5. The molecule has 0 saturated carbocycles. The number of nitrogens with zero attached hydrogens (tertiary/aromatic N) is 4. The summed E-state index contributed by atoms with van der Waals surface area (Å²) in [5, 5.41) is 21.6. The third-order valence-electron chi connectivity index (χ3n) is 15.7. The molecule has 0 aliphatic carbocycles. The Hall–Kier alpha value is -6.34. The van der Waals surface area contributed by atoms with E-state index in [1.807, 2.05) is 129 Å². The summed E-state index contributed by atoms with van der Waals surface area (Å²) in [6.45, 7) is 56.8. The molecular weight excluding hydrogens is 1440 g/mol. The lowest BCUT2D eigenvalue weighted by Gasteiger charge is -2.26. The van der Waals surface area contributed by atoms with E-state index < -0.39 is 0 Å². The van der Waals surface area contributed by atoms with Gasteiger partial charge in [0, 0.05) is 124 Å². The van der Waals surface area contributed by atoms with Crippen molar-refractivity contribution in [1.82, 2.24) is 19.6 Å². The molecule has 0 spiro atoms. The van der Waals surface area contributed by atoms with Crippen LogP contribution in [0.4, 0.5) is 47.3 Å². The van der Waals surface area contributed by atoms with Crippen molar-refractivity contribution >= 4 is 68.9 Å². The Morgan fingerprint density at radius 1 is 0.315 bits per heavy atom. The van der Waals surface area contributed by atoms with Crippen LogP contribution in [0.3, 0.4) is 0 Å². The van der Waals surface area contributed by atoms with E-state index in [9.17, 15) is 13.2 Å². The van der Waals surface area contributed by atoms with Crippen LogP contribution >= 0.6 is 34.8 Å². The first-order chi connectivity index (χ1) is 50.8. The molecule has 0 bridgehead atoms. The maximum atomic E-state index is 14.3. The van der Waals surface area contributed by atoms with Gasteiger partial charge in [0.1, 0.15) is 60.3 Å². The maximum Gasteiger partial charge on any atom is 0.188 e. The molecule has 0 aromatic heterocycles. The lowest BCUT2D eigenvalue weighted by molar-refractivity contribution is 0.0320. The molecule has 0 radical (unpaired) electrons. The molecule has 0 atom stereocenters. The molecule has 4 heterocycles. The minimum atomic E-state index is -0.325. The number of ether oxygens (including phenoxy) is 8. The molecule has 108 heavy (non-hydrogen) atoms. The van der Waals surface area contributed by atoms with Gasteiger partial charge in [-0.1, -0.05) is 71.2 Å². The monoisotopic (exact) mass is 1570 g/mol. The molecule has 6 N–H and O–H groups in total. The van der Waals surface area contributed by atoms with Crippen LogP contribution in [-0.2, 0) is 18.9 Å². The summed E-state index contributed by atoms with van der Waals surface area (Å²) in [5.74, 6) is 1.79. The number of benzene rings is 6. The Kier molecular flexibility index (Phi) is 39.2. The third kappa shape index (κ3) is 40.0. The van der Waals surface area contributed by atoms with Crippen molar-refractivity contribution in [2.45, 2.75) is 158 Å². The molecule has 4 aliphatic rings. The number of hydrogen-bond donors (Lipinski definition) is 6. The predicted octanol–water partition coefficient (Wildman–Crippen LogP) is 18.6. The van der Waals surface area contributed by atoms with Gasteiger partial charge in [-0.15, -0.1) is 0 Å². The Balaban J connectivity index is 0.000000235. The van der Waals surface area contributed by atoms with Gasteiger partial charge in [-0.3, -0.25) is 19.6 Å². The SMILES string of the molecule is CC(C)(C)Nc1cc(OCCN2CCOCC2)ccc1Cl.CC(C)(C)Nc1cc(OCCN2CCOCC2)ccc1F.CC(C)(C)Nc1cccc(OCCN2CCOCC2)c1Cl.CC(C)(C)Nc1cccc(OCCN2CCOCC2)c1F.CC(C)(C)Nc1ccccc1Cl.CC(C)(C)Nc1ccccc1F. The van der Waals surface area contributed by atoms with Gasteiger partial charge in [0.05, 0.1) is 97.0 Å². The summed E-state index contributed by atoms with van der Waals surface area (Å²) in [6, 6.07) is 36.1. The highest BCUT2D eigenvalue weighted by molar-refractivity contribution is 6.35. The van der Waals surface area contributed by atoms with Gasteiger partial charge < -0.3 is 69.8 Å². The Morgan fingerprint density at radius 2 is 0.620 bits per heavy atom. The van der Waals surface area contributed by atoms with E-state index in [-0.39, 0.29) is 50.7 Å². The second-order valence-electron chi connectivity index (χ2n) is 32.9. The van der Waals surface area contributed by atoms with E-state index in [1.165, 1.54) is 12.1 Å². The molecule has 604 valence electrons. The van der Waals surface area contributed by atoms with Crippen molar-refractivity contribution in [3.63, 3.8) is 0 Å². The number of rotatable bonds is 22. The summed E-state index contributed by atoms with van der Waals surface area (Å²) in [5.41, 5.74) is 3.86. The zero-order valence-corrected chi connectivity index (χ0v) is 70.1. The molecular formula is C84H128Cl3F3N10O8. The fourth-order valence-corrected chi connectivity index (χ4v) is 11.4. The Morgan fingerprint density at radius 3 is 1.06 bits per heavy atom. The summed E-state index contributed by atoms with van der Waals surface area (Å²) in [6.07, 6.45) is 0. The van der Waals surface area contributed by atoms with Gasteiger partial charge in [0.25, 0.3) is 0 Å². The standard InChI is InChI=1S/2C16H25ClN2O2.2C16H25FN2O2.C10H14ClN.C10H14FN/c1-16(2,3)18-15-12-13(4-5-14(15)17)21-11-8-19-6-9-20-10-7-19;1-16(2,3)18-13-5-4-6-14(15(13)17)21-12-9-19-7-10-20-11-8-19;1-16(2,3)18-15-12-13(4-5-14(15)17)21-11-8-19-6-9-20-10-7-19;1-16(2,3)18-13-5-4-6-14(15(13)17)21-12-9-19-7-10-20-11-8-19;2*1-10(2,3)12-9-7-5-4-6-8(9)11/h4-5,12,18H,6-11H2,1-3H3;4-6,18H,7-12H2,1-3H3;4-5,12,18H,6-11H2,1-3H3;4-6,18H,7-12H2,1-3H3;2*4-7,12H,1-3H3. The van der Waals surface area contributed by atoms with Crippen molar-refractivity contribution in [2.75, 3.05) is 190 Å². The lowest BCUT2D eigenvalue weighted by atomic mass is 10.1. The first kappa shape index (κ1) is 92.3. The van der Waals surface area contributed by atoms with Crippen molar-refractivity contribution in [3.8, 4) is 23.0 Å². The van der Waals surface area contributed by atoms with E-state index in [1.54, 1.807) is 42.5 Å². The molecule has 4 saturated heterocycles. The minimum Gasteiger partial charge on any atom is -0.492 e. The van der Waals surface area contributed by atoms with Crippen LogP contribution in [0.5, 0.6) is 23.0 Å².